The highest BCUT2D eigenvalue weighted by Gasteiger charge is 2.24. The quantitative estimate of drug-likeness (QED) is 0.908. The summed E-state index contributed by atoms with van der Waals surface area (Å²) in [4.78, 5) is 0. The Morgan fingerprint density at radius 1 is 1.24 bits per heavy atom. The Labute approximate surface area is 127 Å². The molecule has 0 bridgehead atoms. The topological polar surface area (TPSA) is 29.9 Å². The monoisotopic (exact) mass is 285 g/mol. The number of nitrogens with one attached hydrogen (secondary N) is 1. The molecule has 1 fully saturated rings. The molecule has 0 amide bonds. The first-order valence-corrected chi connectivity index (χ1v) is 8.43. The molecule has 0 radical (unpaired) electrons. The molecule has 1 aromatic carbocycles. The van der Waals surface area contributed by atoms with Crippen molar-refractivity contribution in [3.63, 3.8) is 0 Å². The Hall–Kier alpha value is -1.35. The van der Waals surface area contributed by atoms with E-state index in [4.69, 9.17) is 5.10 Å². The highest BCUT2D eigenvalue weighted by atomic mass is 15.3. The van der Waals surface area contributed by atoms with Crippen molar-refractivity contribution in [3.8, 4) is 0 Å². The molecular formula is C18H27N3. The molecule has 0 saturated heterocycles. The summed E-state index contributed by atoms with van der Waals surface area (Å²) in [5.41, 5.74) is 2.50. The molecule has 3 nitrogen and oxygen atoms in total. The third-order valence-electron chi connectivity index (χ3n) is 4.93. The summed E-state index contributed by atoms with van der Waals surface area (Å²) in [6, 6.07) is 9.16. The normalized spacial score (nSPS) is 18.2. The maximum absolute atomic E-state index is 4.78. The van der Waals surface area contributed by atoms with Gasteiger partial charge in [-0.2, -0.15) is 5.10 Å². The average molecular weight is 285 g/mol. The fraction of sp³-hybridized carbons (Fsp3) is 0.611. The third kappa shape index (κ3) is 3.13. The predicted molar refractivity (Wildman–Crippen MR) is 88.5 cm³/mol. The smallest absolute Gasteiger partial charge is 0.0718 e. The fourth-order valence-electron chi connectivity index (χ4n) is 3.85. The zero-order valence-corrected chi connectivity index (χ0v) is 13.3. The fourth-order valence-corrected chi connectivity index (χ4v) is 3.85. The maximum Gasteiger partial charge on any atom is 0.0718 e. The lowest BCUT2D eigenvalue weighted by molar-refractivity contribution is 0.268. The van der Waals surface area contributed by atoms with Gasteiger partial charge in [-0.15, -0.1) is 0 Å². The van der Waals surface area contributed by atoms with E-state index < -0.39 is 0 Å². The van der Waals surface area contributed by atoms with Crippen molar-refractivity contribution in [2.75, 3.05) is 6.54 Å². The number of nitrogens with zero attached hydrogens (tertiary/aromatic N) is 2. The molecule has 0 aliphatic heterocycles. The molecule has 0 spiro atoms. The molecule has 3 rings (SSSR count). The largest absolute Gasteiger partial charge is 0.314 e. The van der Waals surface area contributed by atoms with E-state index in [1.165, 1.54) is 48.7 Å². The van der Waals surface area contributed by atoms with Crippen LogP contribution in [-0.2, 0) is 13.5 Å². The van der Waals surface area contributed by atoms with Crippen molar-refractivity contribution in [3.05, 3.63) is 30.0 Å². The van der Waals surface area contributed by atoms with Gasteiger partial charge in [-0.3, -0.25) is 4.68 Å². The number of hydrogen-bond acceptors (Lipinski definition) is 2. The Morgan fingerprint density at radius 2 is 2.00 bits per heavy atom. The number of para-hydroxylation sites is 1. The predicted octanol–water partition coefficient (Wildman–Crippen LogP) is 3.67. The summed E-state index contributed by atoms with van der Waals surface area (Å²) < 4.78 is 2.02. The van der Waals surface area contributed by atoms with Crippen LogP contribution in [0.1, 0.15) is 44.7 Å². The number of rotatable bonds is 5. The number of aryl methyl sites for hydroxylation is 1. The summed E-state index contributed by atoms with van der Waals surface area (Å²) in [5, 5.41) is 9.83. The van der Waals surface area contributed by atoms with Gasteiger partial charge < -0.3 is 5.32 Å². The summed E-state index contributed by atoms with van der Waals surface area (Å²) >= 11 is 0. The zero-order valence-electron chi connectivity index (χ0n) is 13.3. The van der Waals surface area contributed by atoms with Crippen LogP contribution in [0.15, 0.2) is 24.3 Å². The second-order valence-electron chi connectivity index (χ2n) is 6.35. The van der Waals surface area contributed by atoms with Crippen molar-refractivity contribution < 1.29 is 0 Å². The van der Waals surface area contributed by atoms with Gasteiger partial charge in [-0.25, -0.2) is 0 Å². The minimum Gasteiger partial charge on any atom is -0.314 e. The van der Waals surface area contributed by atoms with Gasteiger partial charge in [0.15, 0.2) is 0 Å². The van der Waals surface area contributed by atoms with Crippen LogP contribution in [0.25, 0.3) is 10.9 Å². The van der Waals surface area contributed by atoms with Crippen molar-refractivity contribution in [2.45, 2.75) is 51.5 Å². The van der Waals surface area contributed by atoms with E-state index in [0.29, 0.717) is 6.04 Å². The van der Waals surface area contributed by atoms with Crippen LogP contribution in [0.5, 0.6) is 0 Å². The minimum absolute atomic E-state index is 0.577. The van der Waals surface area contributed by atoms with Gasteiger partial charge in [-0.05, 0) is 31.4 Å². The SMILES string of the molecule is CCNC(Cc1nn(C)c2ccccc12)C1CCCCC1. The molecule has 1 unspecified atom stereocenters. The lowest BCUT2D eigenvalue weighted by Crippen LogP contribution is -2.39. The standard InChI is InChI=1S/C18H27N3/c1-3-19-16(14-9-5-4-6-10-14)13-17-15-11-7-8-12-18(15)21(2)20-17/h7-8,11-12,14,16,19H,3-6,9-10,13H2,1-2H3. The molecule has 3 heteroatoms. The summed E-state index contributed by atoms with van der Waals surface area (Å²) in [6.07, 6.45) is 8.03. The van der Waals surface area contributed by atoms with Crippen LogP contribution in [0.2, 0.25) is 0 Å². The van der Waals surface area contributed by atoms with E-state index in [2.05, 4.69) is 43.6 Å². The molecule has 21 heavy (non-hydrogen) atoms. The molecule has 2 aromatic rings. The van der Waals surface area contributed by atoms with Crippen molar-refractivity contribution in [2.24, 2.45) is 13.0 Å². The first-order chi connectivity index (χ1) is 10.3. The first-order valence-electron chi connectivity index (χ1n) is 8.43. The van der Waals surface area contributed by atoms with Gasteiger partial charge in [-0.1, -0.05) is 44.4 Å². The lowest BCUT2D eigenvalue weighted by atomic mass is 9.82. The van der Waals surface area contributed by atoms with E-state index in [0.717, 1.165) is 18.9 Å². The third-order valence-corrected chi connectivity index (χ3v) is 4.93. The molecule has 1 aliphatic rings. The van der Waals surface area contributed by atoms with Gasteiger partial charge in [0.05, 0.1) is 11.2 Å². The van der Waals surface area contributed by atoms with Crippen LogP contribution in [0.4, 0.5) is 0 Å². The van der Waals surface area contributed by atoms with Crippen LogP contribution < -0.4 is 5.32 Å². The number of aromatic nitrogens is 2. The molecule has 1 N–H and O–H groups in total. The van der Waals surface area contributed by atoms with E-state index in [1.807, 2.05) is 4.68 Å². The van der Waals surface area contributed by atoms with Crippen molar-refractivity contribution in [1.82, 2.24) is 15.1 Å². The van der Waals surface area contributed by atoms with Gasteiger partial charge in [0.2, 0.25) is 0 Å². The highest BCUT2D eigenvalue weighted by Crippen LogP contribution is 2.29. The molecule has 1 aliphatic carbocycles. The number of likely N-dealkylation sites (N-methyl/N-ethyl adjacent to an activating group) is 1. The van der Waals surface area contributed by atoms with Crippen molar-refractivity contribution in [1.29, 1.82) is 0 Å². The molecule has 114 valence electrons. The maximum atomic E-state index is 4.78. The lowest BCUT2D eigenvalue weighted by Gasteiger charge is -2.30. The van der Waals surface area contributed by atoms with Crippen molar-refractivity contribution >= 4 is 10.9 Å². The Bertz CT molecular complexity index is 581. The Kier molecular flexibility index (Phi) is 4.59. The van der Waals surface area contributed by atoms with Crippen LogP contribution >= 0.6 is 0 Å². The van der Waals surface area contributed by atoms with Crippen LogP contribution in [0, 0.1) is 5.92 Å². The van der Waals surface area contributed by atoms with E-state index in [9.17, 15) is 0 Å². The van der Waals surface area contributed by atoms with E-state index in [1.54, 1.807) is 0 Å². The zero-order chi connectivity index (χ0) is 14.7. The van der Waals surface area contributed by atoms with Gasteiger partial charge in [0, 0.05) is 24.9 Å². The summed E-state index contributed by atoms with van der Waals surface area (Å²) in [5.74, 6) is 0.819. The van der Waals surface area contributed by atoms with Crippen LogP contribution in [-0.4, -0.2) is 22.4 Å². The molecule has 1 saturated carbocycles. The summed E-state index contributed by atoms with van der Waals surface area (Å²) in [6.45, 7) is 3.26. The Balaban J connectivity index is 1.83. The van der Waals surface area contributed by atoms with Gasteiger partial charge in [0.25, 0.3) is 0 Å². The molecule has 1 aromatic heterocycles. The first kappa shape index (κ1) is 14.6. The van der Waals surface area contributed by atoms with Crippen LogP contribution in [0.3, 0.4) is 0 Å². The molecular weight excluding hydrogens is 258 g/mol. The highest BCUT2D eigenvalue weighted by molar-refractivity contribution is 5.81. The Morgan fingerprint density at radius 3 is 2.76 bits per heavy atom. The molecule has 1 heterocycles. The van der Waals surface area contributed by atoms with E-state index >= 15 is 0 Å². The average Bonchev–Trinajstić information content (AvgIpc) is 2.85. The number of fused-ring (bicyclic) bond motifs is 1. The second-order valence-corrected chi connectivity index (χ2v) is 6.35. The summed E-state index contributed by atoms with van der Waals surface area (Å²) in [7, 11) is 2.05. The van der Waals surface area contributed by atoms with E-state index in [-0.39, 0.29) is 0 Å². The number of hydrogen-bond donors (Lipinski definition) is 1. The second kappa shape index (κ2) is 6.61. The minimum atomic E-state index is 0.577. The number of benzene rings is 1. The van der Waals surface area contributed by atoms with Gasteiger partial charge in [0.1, 0.15) is 0 Å². The molecule has 1 atom stereocenters. The van der Waals surface area contributed by atoms with Gasteiger partial charge >= 0.3 is 0 Å².